The molecule has 0 spiro atoms. The van der Waals surface area contributed by atoms with Crippen molar-refractivity contribution < 1.29 is 14.6 Å². The molecule has 1 aromatic carbocycles. The lowest BCUT2D eigenvalue weighted by Crippen LogP contribution is -2.40. The summed E-state index contributed by atoms with van der Waals surface area (Å²) in [6.45, 7) is 2.93. The van der Waals surface area contributed by atoms with Gasteiger partial charge in [-0.3, -0.25) is 4.79 Å². The molecule has 1 atom stereocenters. The maximum absolute atomic E-state index is 12.6. The van der Waals surface area contributed by atoms with Crippen LogP contribution in [0.4, 0.5) is 0 Å². The first kappa shape index (κ1) is 17.0. The van der Waals surface area contributed by atoms with Crippen LogP contribution >= 0.6 is 0 Å². The van der Waals surface area contributed by atoms with Gasteiger partial charge < -0.3 is 14.7 Å². The Balaban J connectivity index is 1.35. The van der Waals surface area contributed by atoms with Crippen LogP contribution in [0.2, 0.25) is 0 Å². The van der Waals surface area contributed by atoms with Crippen molar-refractivity contribution in [1.82, 2.24) is 14.9 Å². The topological polar surface area (TPSA) is 75.6 Å². The number of aliphatic hydroxyl groups is 1. The number of benzene rings is 1. The van der Waals surface area contributed by atoms with Crippen LogP contribution in [0.3, 0.4) is 0 Å². The van der Waals surface area contributed by atoms with E-state index in [9.17, 15) is 9.90 Å². The molecule has 4 rings (SSSR count). The van der Waals surface area contributed by atoms with E-state index >= 15 is 0 Å². The summed E-state index contributed by atoms with van der Waals surface area (Å²) in [4.78, 5) is 22.9. The molecule has 1 aliphatic carbocycles. The van der Waals surface area contributed by atoms with Crippen molar-refractivity contribution in [1.29, 1.82) is 0 Å². The van der Waals surface area contributed by atoms with Crippen molar-refractivity contribution in [3.8, 4) is 5.75 Å². The van der Waals surface area contributed by atoms with Gasteiger partial charge in [-0.15, -0.1) is 0 Å². The Bertz CT molecular complexity index is 787. The maximum atomic E-state index is 12.6. The molecule has 0 radical (unpaired) electrons. The molecule has 0 unspecified atom stereocenters. The van der Waals surface area contributed by atoms with E-state index in [-0.39, 0.29) is 19.1 Å². The van der Waals surface area contributed by atoms with Crippen LogP contribution in [0.1, 0.15) is 46.9 Å². The van der Waals surface area contributed by atoms with Crippen molar-refractivity contribution in [2.45, 2.75) is 37.7 Å². The minimum atomic E-state index is -1.03. The van der Waals surface area contributed by atoms with Gasteiger partial charge in [-0.05, 0) is 38.3 Å². The minimum absolute atomic E-state index is 0.140. The quantitative estimate of drug-likeness (QED) is 0.893. The highest BCUT2D eigenvalue weighted by molar-refractivity contribution is 5.93. The first-order chi connectivity index (χ1) is 12.5. The highest BCUT2D eigenvalue weighted by Crippen LogP contribution is 2.37. The molecule has 1 aliphatic heterocycles. The number of likely N-dealkylation sites (tertiary alicyclic amines) is 1. The second-order valence-electron chi connectivity index (χ2n) is 7.41. The third kappa shape index (κ3) is 3.70. The molecule has 1 amide bonds. The molecule has 2 aromatic rings. The molecule has 6 heteroatoms. The molecular formula is C20H23N3O3. The normalized spacial score (nSPS) is 22.5. The number of carbonyl (C=O) groups excluding carboxylic acids is 1. The first-order valence-electron chi connectivity index (χ1n) is 9.05. The van der Waals surface area contributed by atoms with Crippen molar-refractivity contribution in [3.63, 3.8) is 0 Å². The Morgan fingerprint density at radius 1 is 1.27 bits per heavy atom. The van der Waals surface area contributed by atoms with Crippen LogP contribution in [0.25, 0.3) is 0 Å². The number of hydrogen-bond donors (Lipinski definition) is 1. The van der Waals surface area contributed by atoms with E-state index in [1.807, 2.05) is 31.2 Å². The molecule has 1 aromatic heterocycles. The van der Waals surface area contributed by atoms with E-state index in [2.05, 4.69) is 9.97 Å². The van der Waals surface area contributed by atoms with Gasteiger partial charge in [0.2, 0.25) is 0 Å². The highest BCUT2D eigenvalue weighted by atomic mass is 16.5. The molecule has 2 fully saturated rings. The summed E-state index contributed by atoms with van der Waals surface area (Å²) in [6.07, 6.45) is 5.96. The van der Waals surface area contributed by atoms with Gasteiger partial charge in [-0.2, -0.15) is 0 Å². The van der Waals surface area contributed by atoms with Gasteiger partial charge in [0.25, 0.3) is 5.91 Å². The second-order valence-corrected chi connectivity index (χ2v) is 7.41. The Hall–Kier alpha value is -2.47. The van der Waals surface area contributed by atoms with Crippen LogP contribution in [0.15, 0.2) is 36.7 Å². The fourth-order valence-electron chi connectivity index (χ4n) is 3.18. The van der Waals surface area contributed by atoms with Crippen molar-refractivity contribution in [2.24, 2.45) is 0 Å². The fraction of sp³-hybridized carbons (Fsp3) is 0.450. The lowest BCUT2D eigenvalue weighted by atomic mass is 10.1. The summed E-state index contributed by atoms with van der Waals surface area (Å²) >= 11 is 0. The summed E-state index contributed by atoms with van der Waals surface area (Å²) in [5.41, 5.74) is 0.594. The average Bonchev–Trinajstić information content (AvgIpc) is 3.43. The Kier molecular flexibility index (Phi) is 4.36. The van der Waals surface area contributed by atoms with Crippen LogP contribution in [-0.2, 0) is 0 Å². The zero-order valence-electron chi connectivity index (χ0n) is 14.9. The van der Waals surface area contributed by atoms with E-state index < -0.39 is 5.60 Å². The van der Waals surface area contributed by atoms with Crippen molar-refractivity contribution >= 4 is 5.91 Å². The fourth-order valence-corrected chi connectivity index (χ4v) is 3.18. The molecule has 2 heterocycles. The standard InChI is InChI=1S/C20H23N3O3/c1-14-2-6-17(7-3-14)26-13-20(25)8-9-23(12-20)19(24)16-10-21-18(22-11-16)15-4-5-15/h2-3,6-7,10-11,15,25H,4-5,8-9,12-13H2,1H3/t20-/m1/s1. The monoisotopic (exact) mass is 353 g/mol. The summed E-state index contributed by atoms with van der Waals surface area (Å²) in [6, 6.07) is 7.70. The zero-order chi connectivity index (χ0) is 18.1. The van der Waals surface area contributed by atoms with Gasteiger partial charge in [0, 0.05) is 24.9 Å². The summed E-state index contributed by atoms with van der Waals surface area (Å²) in [5.74, 6) is 1.87. The number of amides is 1. The molecular weight excluding hydrogens is 330 g/mol. The van der Waals surface area contributed by atoms with E-state index in [0.717, 1.165) is 30.0 Å². The maximum Gasteiger partial charge on any atom is 0.257 e. The number of aromatic nitrogens is 2. The van der Waals surface area contributed by atoms with Crippen LogP contribution in [-0.4, -0.2) is 51.2 Å². The summed E-state index contributed by atoms with van der Waals surface area (Å²) < 4.78 is 5.72. The van der Waals surface area contributed by atoms with Gasteiger partial charge in [0.05, 0.1) is 12.1 Å². The first-order valence-corrected chi connectivity index (χ1v) is 9.05. The lowest BCUT2D eigenvalue weighted by molar-refractivity contribution is 0.00429. The number of β-amino-alcohol motifs (C(OH)–C–C–N with tert-alkyl or cyclic N) is 1. The largest absolute Gasteiger partial charge is 0.491 e. The van der Waals surface area contributed by atoms with Gasteiger partial charge in [-0.25, -0.2) is 9.97 Å². The molecule has 1 saturated carbocycles. The minimum Gasteiger partial charge on any atom is -0.491 e. The van der Waals surface area contributed by atoms with Crippen LogP contribution < -0.4 is 4.74 Å². The molecule has 2 aliphatic rings. The van der Waals surface area contributed by atoms with E-state index in [1.165, 1.54) is 0 Å². The van der Waals surface area contributed by atoms with E-state index in [4.69, 9.17) is 4.74 Å². The zero-order valence-corrected chi connectivity index (χ0v) is 14.9. The predicted molar refractivity (Wildman–Crippen MR) is 96.2 cm³/mol. The molecule has 6 nitrogen and oxygen atoms in total. The highest BCUT2D eigenvalue weighted by Gasteiger charge is 2.39. The smallest absolute Gasteiger partial charge is 0.257 e. The molecule has 26 heavy (non-hydrogen) atoms. The predicted octanol–water partition coefficient (Wildman–Crippen LogP) is 2.32. The Labute approximate surface area is 152 Å². The number of nitrogens with zero attached hydrogens (tertiary/aromatic N) is 3. The van der Waals surface area contributed by atoms with Gasteiger partial charge in [0.1, 0.15) is 23.8 Å². The SMILES string of the molecule is Cc1ccc(OC[C@@]2(O)CCN(C(=O)c3cnc(C4CC4)nc3)C2)cc1. The Morgan fingerprint density at radius 3 is 2.62 bits per heavy atom. The number of ether oxygens (including phenoxy) is 1. The van der Waals surface area contributed by atoms with Crippen LogP contribution in [0, 0.1) is 6.92 Å². The molecule has 1 saturated heterocycles. The number of carbonyl (C=O) groups is 1. The van der Waals surface area contributed by atoms with E-state index in [1.54, 1.807) is 17.3 Å². The third-order valence-electron chi connectivity index (χ3n) is 5.01. The third-order valence-corrected chi connectivity index (χ3v) is 5.01. The number of hydrogen-bond acceptors (Lipinski definition) is 5. The summed E-state index contributed by atoms with van der Waals surface area (Å²) in [7, 11) is 0. The number of rotatable bonds is 5. The molecule has 136 valence electrons. The summed E-state index contributed by atoms with van der Waals surface area (Å²) in [5, 5.41) is 10.7. The van der Waals surface area contributed by atoms with Crippen molar-refractivity contribution in [3.05, 3.63) is 53.6 Å². The molecule has 0 bridgehead atoms. The Morgan fingerprint density at radius 2 is 1.96 bits per heavy atom. The van der Waals surface area contributed by atoms with Gasteiger partial charge in [-0.1, -0.05) is 17.7 Å². The molecule has 1 N–H and O–H groups in total. The average molecular weight is 353 g/mol. The van der Waals surface area contributed by atoms with Gasteiger partial charge in [0.15, 0.2) is 0 Å². The van der Waals surface area contributed by atoms with E-state index in [0.29, 0.717) is 24.4 Å². The second kappa shape index (κ2) is 6.68. The van der Waals surface area contributed by atoms with Gasteiger partial charge >= 0.3 is 0 Å². The van der Waals surface area contributed by atoms with Crippen molar-refractivity contribution in [2.75, 3.05) is 19.7 Å². The number of aryl methyl sites for hydroxylation is 1. The van der Waals surface area contributed by atoms with Crippen LogP contribution in [0.5, 0.6) is 5.75 Å². The lowest BCUT2D eigenvalue weighted by Gasteiger charge is -2.23.